The van der Waals surface area contributed by atoms with Crippen molar-refractivity contribution in [3.8, 4) is 0 Å². The molecule has 0 atom stereocenters. The van der Waals surface area contributed by atoms with Crippen LogP contribution in [0.2, 0.25) is 0 Å². The number of fused-ring (bicyclic) bond motifs is 1. The number of nitrogens with zero attached hydrogens (tertiary/aromatic N) is 2. The van der Waals surface area contributed by atoms with Gasteiger partial charge in [0.05, 0.1) is 11.9 Å². The molecule has 1 aliphatic heterocycles. The van der Waals surface area contributed by atoms with Crippen molar-refractivity contribution in [2.24, 2.45) is 0 Å². The van der Waals surface area contributed by atoms with E-state index in [4.69, 9.17) is 0 Å². The second-order valence-electron chi connectivity index (χ2n) is 6.89. The highest BCUT2D eigenvalue weighted by Crippen LogP contribution is 2.34. The molecule has 0 N–H and O–H groups in total. The van der Waals surface area contributed by atoms with Crippen molar-refractivity contribution < 1.29 is 4.79 Å². The largest absolute Gasteiger partial charge is 0.341 e. The molecule has 4 rings (SSSR count). The molecule has 0 bridgehead atoms. The lowest BCUT2D eigenvalue weighted by molar-refractivity contribution is -0.137. The summed E-state index contributed by atoms with van der Waals surface area (Å²) in [6.07, 6.45) is 2.24. The van der Waals surface area contributed by atoms with E-state index in [0.29, 0.717) is 6.42 Å². The van der Waals surface area contributed by atoms with Crippen LogP contribution < -0.4 is 0 Å². The molecule has 0 unspecified atom stereocenters. The van der Waals surface area contributed by atoms with Gasteiger partial charge in [0.2, 0.25) is 5.91 Å². The maximum Gasteiger partial charge on any atom is 0.227 e. The molecule has 0 aliphatic carbocycles. The lowest BCUT2D eigenvalue weighted by atomic mass is 9.75. The minimum Gasteiger partial charge on any atom is -0.341 e. The van der Waals surface area contributed by atoms with E-state index in [-0.39, 0.29) is 11.3 Å². The summed E-state index contributed by atoms with van der Waals surface area (Å²) in [5, 5.41) is 1.08. The van der Waals surface area contributed by atoms with Crippen molar-refractivity contribution in [1.29, 1.82) is 0 Å². The number of amides is 1. The molecular formula is C21H20N2O. The fraction of sp³-hybridized carbons (Fsp3) is 0.238. The Morgan fingerprint density at radius 1 is 1.08 bits per heavy atom. The normalized spacial score (nSPS) is 16.0. The first kappa shape index (κ1) is 14.9. The maximum atomic E-state index is 12.5. The first-order chi connectivity index (χ1) is 11.6. The molecule has 1 aromatic heterocycles. The van der Waals surface area contributed by atoms with Crippen LogP contribution in [0, 0.1) is 0 Å². The zero-order valence-corrected chi connectivity index (χ0v) is 13.8. The van der Waals surface area contributed by atoms with Crippen LogP contribution in [0.25, 0.3) is 10.9 Å². The Morgan fingerprint density at radius 3 is 2.58 bits per heavy atom. The van der Waals surface area contributed by atoms with Crippen LogP contribution in [0.5, 0.6) is 0 Å². The van der Waals surface area contributed by atoms with Gasteiger partial charge in [0.15, 0.2) is 0 Å². The van der Waals surface area contributed by atoms with Gasteiger partial charge in [-0.25, -0.2) is 0 Å². The quantitative estimate of drug-likeness (QED) is 0.740. The predicted octanol–water partition coefficient (Wildman–Crippen LogP) is 3.58. The molecule has 0 spiro atoms. The second kappa shape index (κ2) is 5.75. The third-order valence-corrected chi connectivity index (χ3v) is 4.91. The van der Waals surface area contributed by atoms with E-state index in [1.54, 1.807) is 0 Å². The van der Waals surface area contributed by atoms with Crippen molar-refractivity contribution in [3.05, 3.63) is 78.0 Å². The van der Waals surface area contributed by atoms with Crippen molar-refractivity contribution >= 4 is 16.8 Å². The number of hydrogen-bond donors (Lipinski definition) is 0. The average molecular weight is 316 g/mol. The Kier molecular flexibility index (Phi) is 3.57. The lowest BCUT2D eigenvalue weighted by Crippen LogP contribution is -2.59. The molecule has 120 valence electrons. The Bertz CT molecular complexity index is 882. The molecule has 24 heavy (non-hydrogen) atoms. The summed E-state index contributed by atoms with van der Waals surface area (Å²) in [6, 6.07) is 20.5. The molecule has 0 radical (unpaired) electrons. The summed E-state index contributed by atoms with van der Waals surface area (Å²) in [7, 11) is 0. The van der Waals surface area contributed by atoms with E-state index in [9.17, 15) is 4.79 Å². The van der Waals surface area contributed by atoms with Crippen LogP contribution >= 0.6 is 0 Å². The minimum absolute atomic E-state index is 0.0819. The molecule has 2 heterocycles. The molecule has 0 saturated carbocycles. The van der Waals surface area contributed by atoms with E-state index in [1.165, 1.54) is 5.56 Å². The van der Waals surface area contributed by atoms with E-state index in [0.717, 1.165) is 29.6 Å². The summed E-state index contributed by atoms with van der Waals surface area (Å²) in [5.74, 6) is 0.181. The van der Waals surface area contributed by atoms with Crippen molar-refractivity contribution in [1.82, 2.24) is 9.88 Å². The Labute approximate surface area is 141 Å². The number of likely N-dealkylation sites (tertiary alicyclic amines) is 1. The number of hydrogen-bond acceptors (Lipinski definition) is 2. The van der Waals surface area contributed by atoms with Gasteiger partial charge < -0.3 is 4.90 Å². The highest BCUT2D eigenvalue weighted by Gasteiger charge is 2.42. The summed E-state index contributed by atoms with van der Waals surface area (Å²) in [6.45, 7) is 3.80. The van der Waals surface area contributed by atoms with Crippen LogP contribution in [-0.2, 0) is 16.6 Å². The van der Waals surface area contributed by atoms with Gasteiger partial charge in [-0.3, -0.25) is 9.78 Å². The summed E-state index contributed by atoms with van der Waals surface area (Å²) < 4.78 is 0. The number of aromatic nitrogens is 1. The van der Waals surface area contributed by atoms with Gasteiger partial charge in [0, 0.05) is 30.1 Å². The number of pyridine rings is 1. The van der Waals surface area contributed by atoms with Crippen LogP contribution in [0.1, 0.15) is 18.1 Å². The third kappa shape index (κ3) is 2.67. The summed E-state index contributed by atoms with van der Waals surface area (Å²) >= 11 is 0. The zero-order valence-electron chi connectivity index (χ0n) is 13.8. The Morgan fingerprint density at radius 2 is 1.79 bits per heavy atom. The Hall–Kier alpha value is -2.68. The highest BCUT2D eigenvalue weighted by molar-refractivity contribution is 5.83. The van der Waals surface area contributed by atoms with Crippen LogP contribution in [0.15, 0.2) is 66.9 Å². The van der Waals surface area contributed by atoms with E-state index in [2.05, 4.69) is 42.2 Å². The molecule has 3 heteroatoms. The predicted molar refractivity (Wildman–Crippen MR) is 95.8 cm³/mol. The van der Waals surface area contributed by atoms with Gasteiger partial charge in [-0.15, -0.1) is 0 Å². The van der Waals surface area contributed by atoms with E-state index >= 15 is 0 Å². The number of benzene rings is 2. The SMILES string of the molecule is CC1(c2ccccc2)CN(C(=O)Cc2cnc3ccccc3c2)C1. The monoisotopic (exact) mass is 316 g/mol. The average Bonchev–Trinajstić information content (AvgIpc) is 2.59. The molecular weight excluding hydrogens is 296 g/mol. The first-order valence-electron chi connectivity index (χ1n) is 8.31. The smallest absolute Gasteiger partial charge is 0.227 e. The van der Waals surface area contributed by atoms with Gasteiger partial charge >= 0.3 is 0 Å². The van der Waals surface area contributed by atoms with E-state index in [1.807, 2.05) is 41.4 Å². The van der Waals surface area contributed by atoms with Crippen molar-refractivity contribution in [2.45, 2.75) is 18.8 Å². The third-order valence-electron chi connectivity index (χ3n) is 4.91. The summed E-state index contributed by atoms with van der Waals surface area (Å²) in [5.41, 5.74) is 3.33. The number of rotatable bonds is 3. The molecule has 3 nitrogen and oxygen atoms in total. The first-order valence-corrected chi connectivity index (χ1v) is 8.31. The van der Waals surface area contributed by atoms with E-state index < -0.39 is 0 Å². The lowest BCUT2D eigenvalue weighted by Gasteiger charge is -2.48. The molecule has 1 saturated heterocycles. The van der Waals surface area contributed by atoms with Gasteiger partial charge in [-0.05, 0) is 23.3 Å². The van der Waals surface area contributed by atoms with Gasteiger partial charge in [0.25, 0.3) is 0 Å². The van der Waals surface area contributed by atoms with Gasteiger partial charge in [-0.2, -0.15) is 0 Å². The van der Waals surface area contributed by atoms with Gasteiger partial charge in [0.1, 0.15) is 0 Å². The van der Waals surface area contributed by atoms with Crippen LogP contribution in [-0.4, -0.2) is 28.9 Å². The summed E-state index contributed by atoms with van der Waals surface area (Å²) in [4.78, 5) is 18.9. The standard InChI is InChI=1S/C21H20N2O/c1-21(18-8-3-2-4-9-18)14-23(15-21)20(24)12-16-11-17-7-5-6-10-19(17)22-13-16/h2-11,13H,12,14-15H2,1H3. The molecule has 1 fully saturated rings. The van der Waals surface area contributed by atoms with Gasteiger partial charge in [-0.1, -0.05) is 55.5 Å². The highest BCUT2D eigenvalue weighted by atomic mass is 16.2. The number of para-hydroxylation sites is 1. The maximum absolute atomic E-state index is 12.5. The number of carbonyl (C=O) groups excluding carboxylic acids is 1. The molecule has 1 aliphatic rings. The minimum atomic E-state index is 0.0819. The van der Waals surface area contributed by atoms with Crippen LogP contribution in [0.3, 0.4) is 0 Å². The zero-order chi connectivity index (χ0) is 16.6. The molecule has 1 amide bonds. The van der Waals surface area contributed by atoms with Crippen LogP contribution in [0.4, 0.5) is 0 Å². The van der Waals surface area contributed by atoms with Crippen molar-refractivity contribution in [2.75, 3.05) is 13.1 Å². The van der Waals surface area contributed by atoms with Crippen molar-refractivity contribution in [3.63, 3.8) is 0 Å². The Balaban J connectivity index is 1.44. The number of carbonyl (C=O) groups is 1. The topological polar surface area (TPSA) is 33.2 Å². The fourth-order valence-electron chi connectivity index (χ4n) is 3.50. The fourth-order valence-corrected chi connectivity index (χ4v) is 3.50. The second-order valence-corrected chi connectivity index (χ2v) is 6.89. The molecule has 2 aromatic carbocycles. The molecule has 3 aromatic rings.